The Kier molecular flexibility index (Phi) is 6.22. The fourth-order valence-corrected chi connectivity index (χ4v) is 3.14. The van der Waals surface area contributed by atoms with Gasteiger partial charge in [0.25, 0.3) is 0 Å². The molecule has 0 heterocycles. The molecule has 0 N–H and O–H groups in total. The lowest BCUT2D eigenvalue weighted by Gasteiger charge is -2.09. The molecule has 0 aromatic heterocycles. The first-order chi connectivity index (χ1) is 11.0. The van der Waals surface area contributed by atoms with Crippen LogP contribution in [-0.4, -0.2) is 20.2 Å². The van der Waals surface area contributed by atoms with Crippen molar-refractivity contribution in [3.05, 3.63) is 63.1 Å². The third kappa shape index (κ3) is 4.83. The molecule has 0 bridgehead atoms. The number of halogens is 1. The van der Waals surface area contributed by atoms with Crippen LogP contribution < -0.4 is 4.74 Å². The Balaban J connectivity index is 1.99. The summed E-state index contributed by atoms with van der Waals surface area (Å²) in [5.74, 6) is 0.590. The fourth-order valence-electron chi connectivity index (χ4n) is 2.56. The van der Waals surface area contributed by atoms with E-state index in [1.54, 1.807) is 7.11 Å². The molecule has 0 unspecified atom stereocenters. The third-order valence-electron chi connectivity index (χ3n) is 3.73. The number of carbonyl (C=O) groups excluding carboxylic acids is 1. The van der Waals surface area contributed by atoms with Crippen LogP contribution in [0.25, 0.3) is 0 Å². The molecule has 3 nitrogen and oxygen atoms in total. The highest BCUT2D eigenvalue weighted by molar-refractivity contribution is 9.10. The van der Waals surface area contributed by atoms with Crippen LogP contribution in [0.5, 0.6) is 5.75 Å². The number of aryl methyl sites for hydroxylation is 3. The first-order valence-corrected chi connectivity index (χ1v) is 8.34. The van der Waals surface area contributed by atoms with Crippen molar-refractivity contribution in [2.75, 3.05) is 14.2 Å². The summed E-state index contributed by atoms with van der Waals surface area (Å²) in [6.07, 6.45) is 2.96. The average Bonchev–Trinajstić information content (AvgIpc) is 2.55. The Bertz CT molecular complexity index is 695. The minimum Gasteiger partial charge on any atom is -0.497 e. The number of carbonyl (C=O) groups is 1. The molecule has 0 radical (unpaired) electrons. The Morgan fingerprint density at radius 2 is 1.87 bits per heavy atom. The van der Waals surface area contributed by atoms with Crippen molar-refractivity contribution < 1.29 is 14.3 Å². The number of ether oxygens (including phenoxy) is 2. The Morgan fingerprint density at radius 3 is 2.52 bits per heavy atom. The van der Waals surface area contributed by atoms with Crippen molar-refractivity contribution in [1.29, 1.82) is 0 Å². The molecule has 0 saturated heterocycles. The summed E-state index contributed by atoms with van der Waals surface area (Å²) >= 11 is 3.54. The number of methoxy groups -OCH3 is 2. The lowest BCUT2D eigenvalue weighted by Crippen LogP contribution is -2.02. The van der Waals surface area contributed by atoms with E-state index in [4.69, 9.17) is 9.47 Å². The SMILES string of the molecule is COC(=O)c1ccc(CCCc2cc(C)cc(OC)c2)c(Br)c1. The van der Waals surface area contributed by atoms with E-state index in [1.807, 2.05) is 24.3 Å². The van der Waals surface area contributed by atoms with Gasteiger partial charge in [0.2, 0.25) is 0 Å². The van der Waals surface area contributed by atoms with Crippen molar-refractivity contribution in [2.45, 2.75) is 26.2 Å². The van der Waals surface area contributed by atoms with E-state index in [0.29, 0.717) is 5.56 Å². The van der Waals surface area contributed by atoms with Crippen LogP contribution in [0.4, 0.5) is 0 Å². The first kappa shape index (κ1) is 17.5. The summed E-state index contributed by atoms with van der Waals surface area (Å²) in [7, 11) is 3.08. The van der Waals surface area contributed by atoms with E-state index >= 15 is 0 Å². The maximum Gasteiger partial charge on any atom is 0.337 e. The second-order valence-corrected chi connectivity index (χ2v) is 6.36. The van der Waals surface area contributed by atoms with Gasteiger partial charge in [0, 0.05) is 4.47 Å². The first-order valence-electron chi connectivity index (χ1n) is 7.55. The molecule has 0 aliphatic carbocycles. The van der Waals surface area contributed by atoms with Gasteiger partial charge in [-0.25, -0.2) is 4.79 Å². The molecule has 0 amide bonds. The van der Waals surface area contributed by atoms with Gasteiger partial charge in [-0.2, -0.15) is 0 Å². The molecule has 0 atom stereocenters. The molecule has 4 heteroatoms. The summed E-state index contributed by atoms with van der Waals surface area (Å²) < 4.78 is 11.0. The predicted molar refractivity (Wildman–Crippen MR) is 95.2 cm³/mol. The van der Waals surface area contributed by atoms with Gasteiger partial charge in [-0.3, -0.25) is 0 Å². The maximum absolute atomic E-state index is 11.5. The van der Waals surface area contributed by atoms with Gasteiger partial charge in [0.05, 0.1) is 19.8 Å². The molecular weight excluding hydrogens is 356 g/mol. The molecule has 0 fully saturated rings. The highest BCUT2D eigenvalue weighted by Gasteiger charge is 2.08. The molecule has 2 aromatic rings. The standard InChI is InChI=1S/C19H21BrO3/c1-13-9-14(11-17(10-13)22-2)5-4-6-15-7-8-16(12-18(15)20)19(21)23-3/h7-12H,4-6H2,1-3H3. The van der Waals surface area contributed by atoms with Gasteiger partial charge in [0.1, 0.15) is 5.75 Å². The molecule has 0 spiro atoms. The number of hydrogen-bond acceptors (Lipinski definition) is 3. The normalized spacial score (nSPS) is 10.4. The van der Waals surface area contributed by atoms with Gasteiger partial charge in [-0.05, 0) is 67.1 Å². The smallest absolute Gasteiger partial charge is 0.337 e. The Labute approximate surface area is 145 Å². The van der Waals surface area contributed by atoms with E-state index in [9.17, 15) is 4.79 Å². The summed E-state index contributed by atoms with van der Waals surface area (Å²) in [5, 5.41) is 0. The van der Waals surface area contributed by atoms with Crippen molar-refractivity contribution in [3.8, 4) is 5.75 Å². The molecule has 2 aromatic carbocycles. The largest absolute Gasteiger partial charge is 0.497 e. The highest BCUT2D eigenvalue weighted by Crippen LogP contribution is 2.22. The average molecular weight is 377 g/mol. The minimum atomic E-state index is -0.316. The summed E-state index contributed by atoms with van der Waals surface area (Å²) in [6, 6.07) is 11.9. The van der Waals surface area contributed by atoms with Gasteiger partial charge >= 0.3 is 5.97 Å². The monoisotopic (exact) mass is 376 g/mol. The number of rotatable bonds is 6. The van der Waals surface area contributed by atoms with Crippen molar-refractivity contribution in [3.63, 3.8) is 0 Å². The molecule has 2 rings (SSSR count). The van der Waals surface area contributed by atoms with Gasteiger partial charge in [-0.15, -0.1) is 0 Å². The van der Waals surface area contributed by atoms with E-state index < -0.39 is 0 Å². The van der Waals surface area contributed by atoms with Crippen LogP contribution in [0.15, 0.2) is 40.9 Å². The van der Waals surface area contributed by atoms with Crippen LogP contribution >= 0.6 is 15.9 Å². The van der Waals surface area contributed by atoms with Crippen molar-refractivity contribution in [2.24, 2.45) is 0 Å². The zero-order valence-electron chi connectivity index (χ0n) is 13.7. The van der Waals surface area contributed by atoms with Crippen LogP contribution in [-0.2, 0) is 17.6 Å². The molecule has 0 aliphatic rings. The second-order valence-electron chi connectivity index (χ2n) is 5.51. The van der Waals surface area contributed by atoms with Gasteiger partial charge in [0.15, 0.2) is 0 Å². The molecule has 23 heavy (non-hydrogen) atoms. The quantitative estimate of drug-likeness (QED) is 0.683. The zero-order valence-corrected chi connectivity index (χ0v) is 15.3. The topological polar surface area (TPSA) is 35.5 Å². The number of benzene rings is 2. The lowest BCUT2D eigenvalue weighted by atomic mass is 10.0. The zero-order chi connectivity index (χ0) is 16.8. The number of esters is 1. The van der Waals surface area contributed by atoms with E-state index in [0.717, 1.165) is 29.5 Å². The van der Waals surface area contributed by atoms with Crippen LogP contribution in [0.2, 0.25) is 0 Å². The van der Waals surface area contributed by atoms with Crippen LogP contribution in [0, 0.1) is 6.92 Å². The number of hydrogen-bond donors (Lipinski definition) is 0. The molecule has 0 saturated carbocycles. The predicted octanol–water partition coefficient (Wildman–Crippen LogP) is 4.73. The van der Waals surface area contributed by atoms with Crippen LogP contribution in [0.3, 0.4) is 0 Å². The summed E-state index contributed by atoms with van der Waals surface area (Å²) in [4.78, 5) is 11.5. The lowest BCUT2D eigenvalue weighted by molar-refractivity contribution is 0.0600. The van der Waals surface area contributed by atoms with Crippen molar-refractivity contribution in [1.82, 2.24) is 0 Å². The van der Waals surface area contributed by atoms with Crippen molar-refractivity contribution >= 4 is 21.9 Å². The Hall–Kier alpha value is -1.81. The third-order valence-corrected chi connectivity index (χ3v) is 4.47. The fraction of sp³-hybridized carbons (Fsp3) is 0.316. The van der Waals surface area contributed by atoms with Gasteiger partial charge in [-0.1, -0.05) is 28.1 Å². The molecule has 122 valence electrons. The molecule has 0 aliphatic heterocycles. The Morgan fingerprint density at radius 1 is 1.09 bits per heavy atom. The molecular formula is C19H21BrO3. The summed E-state index contributed by atoms with van der Waals surface area (Å²) in [6.45, 7) is 2.08. The minimum absolute atomic E-state index is 0.316. The maximum atomic E-state index is 11.5. The van der Waals surface area contributed by atoms with E-state index in [1.165, 1.54) is 23.8 Å². The van der Waals surface area contributed by atoms with E-state index in [2.05, 4.69) is 35.0 Å². The highest BCUT2D eigenvalue weighted by atomic mass is 79.9. The van der Waals surface area contributed by atoms with Crippen LogP contribution in [0.1, 0.15) is 33.5 Å². The summed E-state index contributed by atoms with van der Waals surface area (Å²) in [5.41, 5.74) is 4.25. The second kappa shape index (κ2) is 8.16. The van der Waals surface area contributed by atoms with E-state index in [-0.39, 0.29) is 5.97 Å². The van der Waals surface area contributed by atoms with Gasteiger partial charge < -0.3 is 9.47 Å².